The van der Waals surface area contributed by atoms with Crippen LogP contribution in [0, 0.1) is 19.9 Å². The lowest BCUT2D eigenvalue weighted by Gasteiger charge is -2.17. The van der Waals surface area contributed by atoms with Crippen LogP contribution in [0.5, 0.6) is 0 Å². The van der Waals surface area contributed by atoms with Crippen molar-refractivity contribution in [1.82, 2.24) is 15.0 Å². The fourth-order valence-corrected chi connectivity index (χ4v) is 9.65. The maximum Gasteiger partial charge on any atom is 0.397 e. The molecule has 0 saturated carbocycles. The van der Waals surface area contributed by atoms with Crippen LogP contribution < -0.4 is 10.2 Å². The third-order valence-corrected chi connectivity index (χ3v) is 13.5. The molecule has 6 rings (SSSR count). The number of nitrogens with zero attached hydrogens (tertiary/aromatic N) is 8. The monoisotopic (exact) mass is 997 g/mol. The fourth-order valence-electron chi connectivity index (χ4n) is 6.08. The molecule has 1 aromatic heterocycles. The highest BCUT2D eigenvalue weighted by Crippen LogP contribution is 2.39. The molecule has 5 N–H and O–H groups in total. The minimum absolute atomic E-state index is 0.0417. The molecular weight excluding hydrogens is 966 g/mol. The molecule has 0 aliphatic heterocycles. The molecule has 24 nitrogen and oxygen atoms in total. The number of rotatable bonds is 16. The summed E-state index contributed by atoms with van der Waals surface area (Å²) in [5, 5.41) is 19.2. The molecular formula is C35H32FN9O15S5. The standard InChI is InChI=1S/C35H32FN9O15S5/c1-19-12-26-27(31(13-19)63(51,52)53)15-22(16-32(26)64(54,55)56)41-43-30-9-8-29(24-6-5-23(17-25(24)30)62(48,49)50)44-42-28-7-4-21(14-20(28)2)37-34-38-33(36)39-35(40-34)45(3)18-61(46,47)11-10-60-65(57,58)59/h4-9,12-17H,10-11,18H2,1-3H3,(H,48,49,50)(H,51,52,53)(H,54,55,56)(H,57,58,59)(H,37,38,39,40). The van der Waals surface area contributed by atoms with Crippen molar-refractivity contribution in [2.24, 2.45) is 20.5 Å². The van der Waals surface area contributed by atoms with E-state index in [9.17, 15) is 60.1 Å². The molecule has 30 heteroatoms. The van der Waals surface area contributed by atoms with Gasteiger partial charge >= 0.3 is 16.5 Å². The minimum atomic E-state index is -5.00. The van der Waals surface area contributed by atoms with Crippen LogP contribution in [0.3, 0.4) is 0 Å². The number of hydrogen-bond donors (Lipinski definition) is 5. The Hall–Kier alpha value is -6.09. The van der Waals surface area contributed by atoms with Gasteiger partial charge in [0.15, 0.2) is 9.84 Å². The van der Waals surface area contributed by atoms with Crippen LogP contribution in [-0.2, 0) is 54.8 Å². The summed E-state index contributed by atoms with van der Waals surface area (Å²) in [6.45, 7) is 2.21. The zero-order chi connectivity index (χ0) is 47.9. The Morgan fingerprint density at radius 3 is 1.88 bits per heavy atom. The fraction of sp³-hybridized carbons (Fsp3) is 0.171. The summed E-state index contributed by atoms with van der Waals surface area (Å²) in [7, 11) is -22.4. The number of benzene rings is 5. The van der Waals surface area contributed by atoms with Crippen molar-refractivity contribution in [1.29, 1.82) is 0 Å². The summed E-state index contributed by atoms with van der Waals surface area (Å²) >= 11 is 0. The molecule has 0 aliphatic carbocycles. The second-order valence-electron chi connectivity index (χ2n) is 13.8. The average Bonchev–Trinajstić information content (AvgIpc) is 3.17. The van der Waals surface area contributed by atoms with Gasteiger partial charge in [-0.3, -0.25) is 18.2 Å². The van der Waals surface area contributed by atoms with E-state index < -0.39 is 95.5 Å². The van der Waals surface area contributed by atoms with E-state index in [1.54, 1.807) is 13.0 Å². The molecule has 0 fully saturated rings. The van der Waals surface area contributed by atoms with E-state index in [-0.39, 0.29) is 50.1 Å². The number of aryl methyl sites for hydroxylation is 2. The second kappa shape index (κ2) is 18.1. The van der Waals surface area contributed by atoms with Crippen LogP contribution in [0.2, 0.25) is 0 Å². The first-order valence-corrected chi connectivity index (χ1v) is 25.3. The predicted octanol–water partition coefficient (Wildman–Crippen LogP) is 5.88. The smallest absolute Gasteiger partial charge is 0.329 e. The van der Waals surface area contributed by atoms with Gasteiger partial charge in [0.2, 0.25) is 11.9 Å². The Labute approximate surface area is 369 Å². The zero-order valence-corrected chi connectivity index (χ0v) is 37.4. The van der Waals surface area contributed by atoms with Crippen LogP contribution in [0.1, 0.15) is 11.1 Å². The molecule has 0 radical (unpaired) electrons. The largest absolute Gasteiger partial charge is 0.397 e. The van der Waals surface area contributed by atoms with Crippen LogP contribution >= 0.6 is 0 Å². The number of hydrogen-bond acceptors (Lipinski definition) is 20. The van der Waals surface area contributed by atoms with Crippen LogP contribution in [0.15, 0.2) is 108 Å². The van der Waals surface area contributed by atoms with Crippen molar-refractivity contribution >= 4 is 112 Å². The quantitative estimate of drug-likeness (QED) is 0.0558. The molecule has 0 bridgehead atoms. The maximum absolute atomic E-state index is 14.4. The van der Waals surface area contributed by atoms with Crippen LogP contribution in [0.25, 0.3) is 21.5 Å². The van der Waals surface area contributed by atoms with Gasteiger partial charge in [0.25, 0.3) is 30.4 Å². The summed E-state index contributed by atoms with van der Waals surface area (Å²) in [5.41, 5.74) is 1.15. The predicted molar refractivity (Wildman–Crippen MR) is 229 cm³/mol. The van der Waals surface area contributed by atoms with Gasteiger partial charge in [-0.15, -0.1) is 10.2 Å². The Morgan fingerprint density at radius 2 is 1.25 bits per heavy atom. The Bertz CT molecular complexity index is 3560. The summed E-state index contributed by atoms with van der Waals surface area (Å²) < 4.78 is 177. The number of anilines is 3. The van der Waals surface area contributed by atoms with Crippen LogP contribution in [0.4, 0.5) is 44.7 Å². The van der Waals surface area contributed by atoms with E-state index in [2.05, 4.69) is 44.9 Å². The van der Waals surface area contributed by atoms with Gasteiger partial charge < -0.3 is 10.2 Å². The second-order valence-corrected chi connectivity index (χ2v) is 21.3. The van der Waals surface area contributed by atoms with Gasteiger partial charge in [-0.2, -0.15) is 63.2 Å². The Kier molecular flexibility index (Phi) is 13.4. The summed E-state index contributed by atoms with van der Waals surface area (Å²) in [6.07, 6.45) is -1.27. The third kappa shape index (κ3) is 12.2. The Balaban J connectivity index is 1.29. The number of azo groups is 2. The molecule has 5 aromatic carbocycles. The number of sulfone groups is 1. The SMILES string of the molecule is Cc1cc(S(=O)(=O)O)c2cc(N=Nc3ccc(N=Nc4ccc(Nc5nc(F)nc(N(C)CS(=O)(=O)CCOS(=O)(=O)O)n5)cc4C)c4ccc(S(=O)(=O)O)cc34)cc(S(=O)(=O)O)c2c1. The lowest BCUT2D eigenvalue weighted by atomic mass is 10.1. The molecule has 344 valence electrons. The highest BCUT2D eigenvalue weighted by Gasteiger charge is 2.23. The van der Waals surface area contributed by atoms with E-state index >= 15 is 0 Å². The van der Waals surface area contributed by atoms with Gasteiger partial charge in [-0.1, -0.05) is 6.07 Å². The van der Waals surface area contributed by atoms with E-state index in [1.807, 2.05) is 0 Å². The van der Waals surface area contributed by atoms with Gasteiger partial charge in [-0.25, -0.2) is 12.6 Å². The highest BCUT2D eigenvalue weighted by molar-refractivity contribution is 7.91. The van der Waals surface area contributed by atoms with Gasteiger partial charge in [0, 0.05) is 34.3 Å². The summed E-state index contributed by atoms with van der Waals surface area (Å²) in [4.78, 5) is 10.1. The normalized spacial score (nSPS) is 13.0. The number of halogens is 1. The maximum atomic E-state index is 14.4. The van der Waals surface area contributed by atoms with E-state index in [0.717, 1.165) is 35.2 Å². The summed E-state index contributed by atoms with van der Waals surface area (Å²) in [6, 6.07) is 15.1. The molecule has 6 aromatic rings. The third-order valence-electron chi connectivity index (χ3n) is 8.87. The number of nitrogens with one attached hydrogen (secondary N) is 1. The number of aromatic nitrogens is 3. The van der Waals surface area contributed by atoms with Crippen molar-refractivity contribution in [3.63, 3.8) is 0 Å². The van der Waals surface area contributed by atoms with Gasteiger partial charge in [0.1, 0.15) is 15.7 Å². The first-order valence-electron chi connectivity index (χ1n) is 17.8. The molecule has 0 amide bonds. The topological polar surface area (TPSA) is 364 Å². The molecule has 65 heavy (non-hydrogen) atoms. The molecule has 0 saturated heterocycles. The average molecular weight is 998 g/mol. The summed E-state index contributed by atoms with van der Waals surface area (Å²) in [5.74, 6) is -2.34. The molecule has 0 unspecified atom stereocenters. The molecule has 1 heterocycles. The Morgan fingerprint density at radius 1 is 0.646 bits per heavy atom. The lowest BCUT2D eigenvalue weighted by Crippen LogP contribution is -2.31. The molecule has 0 spiro atoms. The molecule has 0 aliphatic rings. The van der Waals surface area contributed by atoms with Crippen molar-refractivity contribution < 1.29 is 68.9 Å². The first-order chi connectivity index (χ1) is 30.1. The van der Waals surface area contributed by atoms with E-state index in [0.29, 0.717) is 16.9 Å². The zero-order valence-electron chi connectivity index (χ0n) is 33.3. The minimum Gasteiger partial charge on any atom is -0.329 e. The first kappa shape index (κ1) is 48.4. The van der Waals surface area contributed by atoms with Crippen molar-refractivity contribution in [3.05, 3.63) is 90.0 Å². The molecule has 0 atom stereocenters. The van der Waals surface area contributed by atoms with E-state index in [1.165, 1.54) is 50.4 Å². The van der Waals surface area contributed by atoms with Crippen molar-refractivity contribution in [3.8, 4) is 0 Å². The van der Waals surface area contributed by atoms with Gasteiger partial charge in [-0.05, 0) is 91.7 Å². The van der Waals surface area contributed by atoms with Crippen LogP contribution in [-0.4, -0.2) is 101 Å². The van der Waals surface area contributed by atoms with Crippen molar-refractivity contribution in [2.75, 3.05) is 35.5 Å². The van der Waals surface area contributed by atoms with Gasteiger partial charge in [0.05, 0.1) is 40.0 Å². The van der Waals surface area contributed by atoms with Crippen molar-refractivity contribution in [2.45, 2.75) is 28.5 Å². The lowest BCUT2D eigenvalue weighted by molar-refractivity contribution is 0.284. The highest BCUT2D eigenvalue weighted by atomic mass is 32.3. The van der Waals surface area contributed by atoms with E-state index in [4.69, 9.17) is 4.55 Å². The number of fused-ring (bicyclic) bond motifs is 2.